The molecule has 1 N–H and O–H groups in total. The van der Waals surface area contributed by atoms with E-state index in [4.69, 9.17) is 0 Å². The fraction of sp³-hybridized carbons (Fsp3) is 0.684. The molecule has 1 fully saturated rings. The van der Waals surface area contributed by atoms with Crippen molar-refractivity contribution in [3.8, 4) is 0 Å². The molecule has 2 heteroatoms. The van der Waals surface area contributed by atoms with Crippen molar-refractivity contribution in [2.75, 3.05) is 19.0 Å². The molecule has 1 aromatic rings. The molecule has 1 aliphatic rings. The van der Waals surface area contributed by atoms with Crippen molar-refractivity contribution >= 4 is 5.69 Å². The number of benzene rings is 1. The third kappa shape index (κ3) is 5.35. The predicted octanol–water partition coefficient (Wildman–Crippen LogP) is 4.59. The lowest BCUT2D eigenvalue weighted by atomic mass is 9.95. The van der Waals surface area contributed by atoms with E-state index in [0.717, 1.165) is 18.5 Å². The number of rotatable bonds is 6. The maximum absolute atomic E-state index is 3.78. The number of hydrogen-bond acceptors (Lipinski definition) is 2. The third-order valence-corrected chi connectivity index (χ3v) is 4.83. The number of anilines is 1. The summed E-state index contributed by atoms with van der Waals surface area (Å²) < 4.78 is 0. The predicted molar refractivity (Wildman–Crippen MR) is 92.9 cm³/mol. The Morgan fingerprint density at radius 2 is 1.81 bits per heavy atom. The summed E-state index contributed by atoms with van der Waals surface area (Å²) in [4.78, 5) is 2.15. The van der Waals surface area contributed by atoms with Crippen molar-refractivity contribution in [3.63, 3.8) is 0 Å². The quantitative estimate of drug-likeness (QED) is 0.770. The first-order valence-corrected chi connectivity index (χ1v) is 8.68. The second-order valence-corrected chi connectivity index (χ2v) is 6.80. The number of nitrogens with one attached hydrogen (secondary N) is 1. The van der Waals surface area contributed by atoms with Crippen LogP contribution in [0.5, 0.6) is 0 Å². The zero-order valence-electron chi connectivity index (χ0n) is 14.1. The van der Waals surface area contributed by atoms with Crippen LogP contribution in [-0.4, -0.2) is 20.1 Å². The van der Waals surface area contributed by atoms with Crippen LogP contribution >= 0.6 is 0 Å². The summed E-state index contributed by atoms with van der Waals surface area (Å²) in [6, 6.07) is 9.64. The van der Waals surface area contributed by atoms with Crippen molar-refractivity contribution in [1.82, 2.24) is 5.32 Å². The molecule has 21 heavy (non-hydrogen) atoms. The van der Waals surface area contributed by atoms with Gasteiger partial charge in [0.15, 0.2) is 0 Å². The van der Waals surface area contributed by atoms with Gasteiger partial charge < -0.3 is 10.2 Å². The molecule has 0 aromatic heterocycles. The van der Waals surface area contributed by atoms with E-state index in [9.17, 15) is 0 Å². The molecule has 0 bridgehead atoms. The average molecular weight is 288 g/mol. The first-order chi connectivity index (χ1) is 10.2. The standard InChI is InChI=1S/C19H32N2/c1-4-6-16-7-5-8-18(12-9-16)20-15-17-10-13-19(14-11-17)21(2)3/h10-11,13-14,16,18,20H,4-9,12,15H2,1-3H3. The fourth-order valence-electron chi connectivity index (χ4n) is 3.45. The zero-order chi connectivity index (χ0) is 15.1. The Balaban J connectivity index is 1.77. The van der Waals surface area contributed by atoms with E-state index < -0.39 is 0 Å². The molecular formula is C19H32N2. The van der Waals surface area contributed by atoms with Crippen molar-refractivity contribution in [2.45, 2.75) is 64.5 Å². The van der Waals surface area contributed by atoms with Crippen molar-refractivity contribution in [1.29, 1.82) is 0 Å². The van der Waals surface area contributed by atoms with Crippen LogP contribution in [0.25, 0.3) is 0 Å². The number of hydrogen-bond donors (Lipinski definition) is 1. The Bertz CT molecular complexity index is 397. The Kier molecular flexibility index (Phi) is 6.56. The van der Waals surface area contributed by atoms with Crippen molar-refractivity contribution < 1.29 is 0 Å². The second-order valence-electron chi connectivity index (χ2n) is 6.80. The van der Waals surface area contributed by atoms with Crippen molar-refractivity contribution in [3.05, 3.63) is 29.8 Å². The van der Waals surface area contributed by atoms with Gasteiger partial charge in [0.05, 0.1) is 0 Å². The third-order valence-electron chi connectivity index (χ3n) is 4.83. The highest BCUT2D eigenvalue weighted by Gasteiger charge is 2.17. The molecule has 0 aliphatic heterocycles. The minimum absolute atomic E-state index is 0.723. The zero-order valence-corrected chi connectivity index (χ0v) is 14.1. The Hall–Kier alpha value is -1.02. The van der Waals surface area contributed by atoms with Gasteiger partial charge in [0.1, 0.15) is 0 Å². The summed E-state index contributed by atoms with van der Waals surface area (Å²) in [5.74, 6) is 0.987. The topological polar surface area (TPSA) is 15.3 Å². The number of nitrogens with zero attached hydrogens (tertiary/aromatic N) is 1. The van der Waals surface area contributed by atoms with Gasteiger partial charge in [-0.2, -0.15) is 0 Å². The second kappa shape index (κ2) is 8.43. The monoisotopic (exact) mass is 288 g/mol. The van der Waals surface area contributed by atoms with Gasteiger partial charge in [0.2, 0.25) is 0 Å². The molecule has 0 heterocycles. The largest absolute Gasteiger partial charge is 0.378 e. The van der Waals surface area contributed by atoms with Gasteiger partial charge in [-0.15, -0.1) is 0 Å². The maximum atomic E-state index is 3.78. The first-order valence-electron chi connectivity index (χ1n) is 8.68. The minimum atomic E-state index is 0.723. The highest BCUT2D eigenvalue weighted by Crippen LogP contribution is 2.26. The molecule has 0 amide bonds. The molecule has 0 saturated heterocycles. The lowest BCUT2D eigenvalue weighted by Gasteiger charge is -2.18. The van der Waals surface area contributed by atoms with Gasteiger partial charge in [0.25, 0.3) is 0 Å². The lowest BCUT2D eigenvalue weighted by Crippen LogP contribution is -2.28. The van der Waals surface area contributed by atoms with E-state index in [1.807, 2.05) is 0 Å². The van der Waals surface area contributed by atoms with E-state index in [-0.39, 0.29) is 0 Å². The van der Waals surface area contributed by atoms with Crippen LogP contribution in [0.1, 0.15) is 57.4 Å². The molecular weight excluding hydrogens is 256 g/mol. The van der Waals surface area contributed by atoms with Crippen molar-refractivity contribution in [2.24, 2.45) is 5.92 Å². The Morgan fingerprint density at radius 1 is 1.05 bits per heavy atom. The summed E-state index contributed by atoms with van der Waals surface area (Å²) in [5, 5.41) is 3.78. The van der Waals surface area contributed by atoms with E-state index in [1.54, 1.807) is 0 Å². The summed E-state index contributed by atoms with van der Waals surface area (Å²) in [6.45, 7) is 3.33. The van der Waals surface area contributed by atoms with Crippen LogP contribution in [0.2, 0.25) is 0 Å². The summed E-state index contributed by atoms with van der Waals surface area (Å²) in [6.07, 6.45) is 9.77. The Morgan fingerprint density at radius 3 is 2.48 bits per heavy atom. The van der Waals surface area contributed by atoms with E-state index in [2.05, 4.69) is 55.5 Å². The van der Waals surface area contributed by atoms with Crippen LogP contribution < -0.4 is 10.2 Å². The minimum Gasteiger partial charge on any atom is -0.378 e. The van der Waals surface area contributed by atoms with Gasteiger partial charge >= 0.3 is 0 Å². The van der Waals surface area contributed by atoms with E-state index in [0.29, 0.717) is 0 Å². The van der Waals surface area contributed by atoms with Crippen LogP contribution in [-0.2, 0) is 6.54 Å². The molecule has 1 aromatic carbocycles. The SMILES string of the molecule is CCCC1CCCC(NCc2ccc(N(C)C)cc2)CC1. The van der Waals surface area contributed by atoms with E-state index in [1.165, 1.54) is 56.2 Å². The molecule has 1 saturated carbocycles. The summed E-state index contributed by atoms with van der Waals surface area (Å²) in [5.41, 5.74) is 2.67. The van der Waals surface area contributed by atoms with Crippen LogP contribution in [0.15, 0.2) is 24.3 Å². The molecule has 2 nitrogen and oxygen atoms in total. The van der Waals surface area contributed by atoms with Crippen LogP contribution in [0.3, 0.4) is 0 Å². The highest BCUT2D eigenvalue weighted by atomic mass is 15.1. The van der Waals surface area contributed by atoms with Gasteiger partial charge in [0, 0.05) is 32.4 Å². The molecule has 2 rings (SSSR count). The molecule has 1 aliphatic carbocycles. The summed E-state index contributed by atoms with van der Waals surface area (Å²) >= 11 is 0. The normalized spacial score (nSPS) is 22.8. The average Bonchev–Trinajstić information content (AvgIpc) is 2.71. The molecule has 0 spiro atoms. The molecule has 118 valence electrons. The Labute approximate surface area is 130 Å². The van der Waals surface area contributed by atoms with Crippen LogP contribution in [0.4, 0.5) is 5.69 Å². The summed E-state index contributed by atoms with van der Waals surface area (Å²) in [7, 11) is 4.18. The van der Waals surface area contributed by atoms with Gasteiger partial charge in [-0.05, 0) is 42.9 Å². The molecule has 2 atom stereocenters. The highest BCUT2D eigenvalue weighted by molar-refractivity contribution is 5.45. The fourth-order valence-corrected chi connectivity index (χ4v) is 3.45. The molecule has 2 unspecified atom stereocenters. The van der Waals surface area contributed by atoms with Gasteiger partial charge in [-0.1, -0.05) is 44.7 Å². The van der Waals surface area contributed by atoms with Gasteiger partial charge in [-0.3, -0.25) is 0 Å². The van der Waals surface area contributed by atoms with Crippen LogP contribution in [0, 0.1) is 5.92 Å². The lowest BCUT2D eigenvalue weighted by molar-refractivity contribution is 0.409. The maximum Gasteiger partial charge on any atom is 0.0361 e. The molecule has 0 radical (unpaired) electrons. The van der Waals surface area contributed by atoms with E-state index >= 15 is 0 Å². The van der Waals surface area contributed by atoms with Gasteiger partial charge in [-0.25, -0.2) is 0 Å². The first kappa shape index (κ1) is 16.4. The smallest absolute Gasteiger partial charge is 0.0361 e.